The lowest BCUT2D eigenvalue weighted by atomic mass is 9.98. The molecule has 1 aromatic carbocycles. The van der Waals surface area contributed by atoms with Crippen LogP contribution in [-0.2, 0) is 17.6 Å². The normalized spacial score (nSPS) is 11.8. The fourth-order valence-electron chi connectivity index (χ4n) is 2.50. The maximum atomic E-state index is 10.7. The quantitative estimate of drug-likeness (QED) is 0.738. The fraction of sp³-hybridized carbons (Fsp3) is 0.368. The predicted molar refractivity (Wildman–Crippen MR) is 94.5 cm³/mol. The summed E-state index contributed by atoms with van der Waals surface area (Å²) in [7, 11) is 1.84. The van der Waals surface area contributed by atoms with Crippen LogP contribution in [0, 0.1) is 5.92 Å². The number of hydrogen-bond acceptors (Lipinski definition) is 4. The van der Waals surface area contributed by atoms with Crippen LogP contribution in [0.15, 0.2) is 42.6 Å². The van der Waals surface area contributed by atoms with Crippen LogP contribution in [0.3, 0.4) is 0 Å². The number of nitrogens with zero attached hydrogens (tertiary/aromatic N) is 1. The van der Waals surface area contributed by atoms with Gasteiger partial charge in [-0.2, -0.15) is 0 Å². The molecule has 24 heavy (non-hydrogen) atoms. The summed E-state index contributed by atoms with van der Waals surface area (Å²) in [5, 5.41) is 11.8. The first-order valence-corrected chi connectivity index (χ1v) is 8.13. The molecule has 128 valence electrons. The topological polar surface area (TPSA) is 71.5 Å². The van der Waals surface area contributed by atoms with Crippen molar-refractivity contribution in [1.29, 1.82) is 0 Å². The van der Waals surface area contributed by atoms with Gasteiger partial charge < -0.3 is 15.2 Å². The lowest BCUT2D eigenvalue weighted by Crippen LogP contribution is -2.07. The number of anilines is 1. The average molecular weight is 328 g/mol. The van der Waals surface area contributed by atoms with E-state index < -0.39 is 5.97 Å². The molecule has 0 radical (unpaired) electrons. The summed E-state index contributed by atoms with van der Waals surface area (Å²) >= 11 is 0. The van der Waals surface area contributed by atoms with Gasteiger partial charge in [-0.15, -0.1) is 0 Å². The average Bonchev–Trinajstić information content (AvgIpc) is 2.56. The highest BCUT2D eigenvalue weighted by Crippen LogP contribution is 2.17. The van der Waals surface area contributed by atoms with Crippen LogP contribution in [-0.4, -0.2) is 29.7 Å². The highest BCUT2D eigenvalue weighted by atomic mass is 16.5. The van der Waals surface area contributed by atoms with Crippen LogP contribution >= 0.6 is 0 Å². The van der Waals surface area contributed by atoms with Crippen molar-refractivity contribution >= 4 is 11.8 Å². The molecule has 2 rings (SSSR count). The Bertz CT molecular complexity index is 639. The largest absolute Gasteiger partial charge is 0.493 e. The summed E-state index contributed by atoms with van der Waals surface area (Å²) in [5.41, 5.74) is 2.26. The van der Waals surface area contributed by atoms with Gasteiger partial charge in [0.05, 0.1) is 6.61 Å². The molecule has 2 aromatic rings. The number of rotatable bonds is 9. The minimum atomic E-state index is -0.750. The van der Waals surface area contributed by atoms with Gasteiger partial charge >= 0.3 is 5.97 Å². The summed E-state index contributed by atoms with van der Waals surface area (Å²) in [4.78, 5) is 15.0. The molecule has 0 saturated heterocycles. The summed E-state index contributed by atoms with van der Waals surface area (Å²) < 4.78 is 5.75. The molecule has 5 nitrogen and oxygen atoms in total. The molecule has 0 aliphatic rings. The number of benzene rings is 1. The first-order valence-electron chi connectivity index (χ1n) is 8.13. The van der Waals surface area contributed by atoms with E-state index in [0.717, 1.165) is 35.5 Å². The zero-order valence-electron chi connectivity index (χ0n) is 14.2. The molecule has 0 spiro atoms. The summed E-state index contributed by atoms with van der Waals surface area (Å²) in [6.07, 6.45) is 3.60. The highest BCUT2D eigenvalue weighted by Gasteiger charge is 2.08. The molecule has 1 heterocycles. The number of aromatic nitrogens is 1. The van der Waals surface area contributed by atoms with Crippen LogP contribution in [0.25, 0.3) is 0 Å². The van der Waals surface area contributed by atoms with Crippen molar-refractivity contribution in [2.24, 2.45) is 5.92 Å². The van der Waals surface area contributed by atoms with E-state index in [-0.39, 0.29) is 12.3 Å². The molecule has 0 amide bonds. The Kier molecular flexibility index (Phi) is 6.61. The SMILES string of the molecule is CNc1ccc(CCOc2ccc(CC(C)CC(=O)O)cc2)cn1. The van der Waals surface area contributed by atoms with Gasteiger partial charge in [-0.05, 0) is 41.7 Å². The number of hydrogen-bond donors (Lipinski definition) is 2. The number of carboxylic acid groups (broad SMARTS) is 1. The Morgan fingerprint density at radius 3 is 2.50 bits per heavy atom. The van der Waals surface area contributed by atoms with Crippen molar-refractivity contribution in [3.63, 3.8) is 0 Å². The minimum Gasteiger partial charge on any atom is -0.493 e. The molecule has 5 heteroatoms. The Morgan fingerprint density at radius 2 is 1.92 bits per heavy atom. The summed E-state index contributed by atoms with van der Waals surface area (Å²) in [5.74, 6) is 1.05. The van der Waals surface area contributed by atoms with Crippen molar-refractivity contribution < 1.29 is 14.6 Å². The second-order valence-electron chi connectivity index (χ2n) is 5.95. The Balaban J connectivity index is 1.77. The maximum absolute atomic E-state index is 10.7. The fourth-order valence-corrected chi connectivity index (χ4v) is 2.50. The van der Waals surface area contributed by atoms with Crippen LogP contribution in [0.1, 0.15) is 24.5 Å². The van der Waals surface area contributed by atoms with Gasteiger partial charge in [-0.3, -0.25) is 4.79 Å². The Morgan fingerprint density at radius 1 is 1.21 bits per heavy atom. The third-order valence-electron chi connectivity index (χ3n) is 3.77. The molecular formula is C19H24N2O3. The molecule has 0 saturated carbocycles. The molecule has 1 atom stereocenters. The number of carbonyl (C=O) groups is 1. The molecule has 1 unspecified atom stereocenters. The zero-order chi connectivity index (χ0) is 17.4. The van der Waals surface area contributed by atoms with E-state index in [1.807, 2.05) is 56.6 Å². The van der Waals surface area contributed by atoms with E-state index in [1.165, 1.54) is 0 Å². The zero-order valence-corrected chi connectivity index (χ0v) is 14.2. The predicted octanol–water partition coefficient (Wildman–Crippen LogP) is 3.40. The monoisotopic (exact) mass is 328 g/mol. The second kappa shape index (κ2) is 8.91. The van der Waals surface area contributed by atoms with E-state index in [4.69, 9.17) is 9.84 Å². The van der Waals surface area contributed by atoms with Gasteiger partial charge in [0.2, 0.25) is 0 Å². The summed E-state index contributed by atoms with van der Waals surface area (Å²) in [6.45, 7) is 2.54. The Hall–Kier alpha value is -2.56. The van der Waals surface area contributed by atoms with Crippen molar-refractivity contribution in [1.82, 2.24) is 4.98 Å². The molecule has 2 N–H and O–H groups in total. The van der Waals surface area contributed by atoms with Crippen LogP contribution < -0.4 is 10.1 Å². The van der Waals surface area contributed by atoms with Gasteiger partial charge in [-0.1, -0.05) is 25.1 Å². The number of ether oxygens (including phenoxy) is 1. The lowest BCUT2D eigenvalue weighted by molar-refractivity contribution is -0.137. The van der Waals surface area contributed by atoms with Crippen LogP contribution in [0.2, 0.25) is 0 Å². The highest BCUT2D eigenvalue weighted by molar-refractivity contribution is 5.67. The van der Waals surface area contributed by atoms with Crippen LogP contribution in [0.4, 0.5) is 5.82 Å². The number of carboxylic acids is 1. The molecule has 0 fully saturated rings. The third kappa shape index (κ3) is 5.91. The number of aliphatic carboxylic acids is 1. The number of nitrogens with one attached hydrogen (secondary N) is 1. The van der Waals surface area contributed by atoms with E-state index in [2.05, 4.69) is 10.3 Å². The summed E-state index contributed by atoms with van der Waals surface area (Å²) in [6, 6.07) is 11.8. The van der Waals surface area contributed by atoms with Gasteiger partial charge in [0, 0.05) is 26.1 Å². The number of pyridine rings is 1. The third-order valence-corrected chi connectivity index (χ3v) is 3.77. The maximum Gasteiger partial charge on any atom is 0.303 e. The molecule has 1 aromatic heterocycles. The van der Waals surface area contributed by atoms with E-state index >= 15 is 0 Å². The van der Waals surface area contributed by atoms with Gasteiger partial charge in [0.1, 0.15) is 11.6 Å². The van der Waals surface area contributed by atoms with Crippen molar-refractivity contribution in [2.45, 2.75) is 26.2 Å². The van der Waals surface area contributed by atoms with Crippen LogP contribution in [0.5, 0.6) is 5.75 Å². The van der Waals surface area contributed by atoms with E-state index in [0.29, 0.717) is 6.61 Å². The Labute approximate surface area is 142 Å². The van der Waals surface area contributed by atoms with Crippen molar-refractivity contribution in [3.05, 3.63) is 53.7 Å². The molecule has 0 aliphatic heterocycles. The van der Waals surface area contributed by atoms with Gasteiger partial charge in [0.15, 0.2) is 0 Å². The standard InChI is InChI=1S/C19H24N2O3/c1-14(12-19(22)23)11-15-3-6-17(7-4-15)24-10-9-16-5-8-18(20-2)21-13-16/h3-8,13-14H,9-12H2,1-2H3,(H,20,21)(H,22,23). The van der Waals surface area contributed by atoms with Crippen molar-refractivity contribution in [3.8, 4) is 5.75 Å². The smallest absolute Gasteiger partial charge is 0.303 e. The molecule has 0 aliphatic carbocycles. The first kappa shape index (κ1) is 17.8. The van der Waals surface area contributed by atoms with Gasteiger partial charge in [-0.25, -0.2) is 4.98 Å². The van der Waals surface area contributed by atoms with Crippen molar-refractivity contribution in [2.75, 3.05) is 19.0 Å². The lowest BCUT2D eigenvalue weighted by Gasteiger charge is -2.10. The van der Waals surface area contributed by atoms with E-state index in [9.17, 15) is 4.79 Å². The second-order valence-corrected chi connectivity index (χ2v) is 5.95. The molecular weight excluding hydrogens is 304 g/mol. The van der Waals surface area contributed by atoms with E-state index in [1.54, 1.807) is 0 Å². The first-order chi connectivity index (χ1) is 11.6. The molecule has 0 bridgehead atoms. The van der Waals surface area contributed by atoms with Gasteiger partial charge in [0.25, 0.3) is 0 Å². The minimum absolute atomic E-state index is 0.127.